The van der Waals surface area contributed by atoms with Crippen LogP contribution < -0.4 is 5.32 Å². The van der Waals surface area contributed by atoms with Gasteiger partial charge in [-0.15, -0.1) is 0 Å². The summed E-state index contributed by atoms with van der Waals surface area (Å²) < 4.78 is 0. The monoisotopic (exact) mass is 305 g/mol. The van der Waals surface area contributed by atoms with Crippen molar-refractivity contribution in [3.05, 3.63) is 40.9 Å². The molecule has 1 amide bonds. The van der Waals surface area contributed by atoms with E-state index in [9.17, 15) is 14.7 Å². The highest BCUT2D eigenvalue weighted by Gasteiger charge is 2.51. The summed E-state index contributed by atoms with van der Waals surface area (Å²) in [5.41, 5.74) is 1.43. The summed E-state index contributed by atoms with van der Waals surface area (Å²) in [6.07, 6.45) is 4.64. The highest BCUT2D eigenvalue weighted by atomic mass is 35.5. The van der Waals surface area contributed by atoms with Crippen molar-refractivity contribution in [2.75, 3.05) is 5.32 Å². The summed E-state index contributed by atoms with van der Waals surface area (Å²) in [6.45, 7) is 1.86. The Bertz CT molecular complexity index is 620. The summed E-state index contributed by atoms with van der Waals surface area (Å²) >= 11 is 6.11. The van der Waals surface area contributed by atoms with Gasteiger partial charge < -0.3 is 10.4 Å². The standard InChI is InChI=1S/C16H16ClNO3/c1-8-3-2-4-11(17)14(8)18-15(19)12-9-5-6-10(7-9)13(12)16(20)21/h2-6,9-10,12-13H,7H2,1H3,(H,18,19)(H,20,21)/t9-,10-,12-,13+/m0/s1. The Morgan fingerprint density at radius 2 is 1.90 bits per heavy atom. The van der Waals surface area contributed by atoms with Crippen LogP contribution in [0.5, 0.6) is 0 Å². The largest absolute Gasteiger partial charge is 0.481 e. The molecule has 0 aromatic heterocycles. The van der Waals surface area contributed by atoms with Crippen LogP contribution in [0.4, 0.5) is 5.69 Å². The molecular formula is C16H16ClNO3. The van der Waals surface area contributed by atoms with Gasteiger partial charge >= 0.3 is 5.97 Å². The fourth-order valence-electron chi connectivity index (χ4n) is 3.51. The Labute approximate surface area is 127 Å². The number of carboxylic acids is 1. The van der Waals surface area contributed by atoms with Gasteiger partial charge in [-0.05, 0) is 36.8 Å². The molecule has 1 aromatic carbocycles. The Morgan fingerprint density at radius 1 is 1.24 bits per heavy atom. The summed E-state index contributed by atoms with van der Waals surface area (Å²) in [7, 11) is 0. The predicted molar refractivity (Wildman–Crippen MR) is 80.2 cm³/mol. The molecule has 0 radical (unpaired) electrons. The maximum Gasteiger partial charge on any atom is 0.307 e. The van der Waals surface area contributed by atoms with Gasteiger partial charge in [-0.1, -0.05) is 35.9 Å². The van der Waals surface area contributed by atoms with Gasteiger partial charge in [0.05, 0.1) is 22.5 Å². The van der Waals surface area contributed by atoms with Crippen molar-refractivity contribution in [1.82, 2.24) is 0 Å². The van der Waals surface area contributed by atoms with Gasteiger partial charge in [0, 0.05) is 0 Å². The smallest absolute Gasteiger partial charge is 0.307 e. The number of hydrogen-bond acceptors (Lipinski definition) is 2. The average Bonchev–Trinajstić information content (AvgIpc) is 3.03. The van der Waals surface area contributed by atoms with E-state index in [0.717, 1.165) is 12.0 Å². The number of amides is 1. The lowest BCUT2D eigenvalue weighted by molar-refractivity contribution is -0.146. The van der Waals surface area contributed by atoms with Crippen molar-refractivity contribution >= 4 is 29.2 Å². The van der Waals surface area contributed by atoms with E-state index >= 15 is 0 Å². The maximum atomic E-state index is 12.6. The molecule has 0 unspecified atom stereocenters. The first kappa shape index (κ1) is 14.1. The molecular weight excluding hydrogens is 290 g/mol. The number of anilines is 1. The predicted octanol–water partition coefficient (Wildman–Crippen LogP) is 3.11. The van der Waals surface area contributed by atoms with Gasteiger partial charge in [0.25, 0.3) is 0 Å². The van der Waals surface area contributed by atoms with Gasteiger partial charge in [-0.25, -0.2) is 0 Å². The molecule has 110 valence electrons. The third kappa shape index (κ3) is 2.33. The molecule has 21 heavy (non-hydrogen) atoms. The Morgan fingerprint density at radius 3 is 2.52 bits per heavy atom. The third-order valence-electron chi connectivity index (χ3n) is 4.52. The van der Waals surface area contributed by atoms with Crippen LogP contribution in [0.3, 0.4) is 0 Å². The quantitative estimate of drug-likeness (QED) is 0.843. The summed E-state index contributed by atoms with van der Waals surface area (Å²) in [4.78, 5) is 24.0. The number of carboxylic acid groups (broad SMARTS) is 1. The van der Waals surface area contributed by atoms with Crippen LogP contribution in [0.25, 0.3) is 0 Å². The SMILES string of the molecule is Cc1cccc(Cl)c1NC(=O)[C@@H]1[C@H](C(=O)O)[C@H]2C=C[C@H]1C2. The Balaban J connectivity index is 1.85. The second-order valence-electron chi connectivity index (χ2n) is 5.76. The van der Waals surface area contributed by atoms with Crippen LogP contribution in [0.2, 0.25) is 5.02 Å². The lowest BCUT2D eigenvalue weighted by Crippen LogP contribution is -2.36. The van der Waals surface area contributed by atoms with Crippen LogP contribution >= 0.6 is 11.6 Å². The number of carbonyl (C=O) groups is 2. The fourth-order valence-corrected chi connectivity index (χ4v) is 3.78. The van der Waals surface area contributed by atoms with E-state index in [4.69, 9.17) is 11.6 Å². The highest BCUT2D eigenvalue weighted by molar-refractivity contribution is 6.34. The van der Waals surface area contributed by atoms with Gasteiger partial charge in [0.2, 0.25) is 5.91 Å². The first-order valence-electron chi connectivity index (χ1n) is 6.96. The van der Waals surface area contributed by atoms with Crippen molar-refractivity contribution in [1.29, 1.82) is 0 Å². The van der Waals surface area contributed by atoms with Crippen LogP contribution in [0, 0.1) is 30.6 Å². The highest BCUT2D eigenvalue weighted by Crippen LogP contribution is 2.48. The molecule has 0 spiro atoms. The molecule has 1 saturated carbocycles. The number of aliphatic carboxylic acids is 1. The van der Waals surface area contributed by atoms with E-state index in [1.807, 2.05) is 31.2 Å². The summed E-state index contributed by atoms with van der Waals surface area (Å²) in [5, 5.41) is 12.7. The number of carbonyl (C=O) groups excluding carboxylic acids is 1. The normalized spacial score (nSPS) is 29.6. The van der Waals surface area contributed by atoms with Crippen LogP contribution in [-0.4, -0.2) is 17.0 Å². The number of aryl methyl sites for hydroxylation is 1. The first-order chi connectivity index (χ1) is 9.99. The number of hydrogen-bond donors (Lipinski definition) is 2. The minimum absolute atomic E-state index is 0.0129. The zero-order valence-corrected chi connectivity index (χ0v) is 12.3. The van der Waals surface area contributed by atoms with E-state index in [1.165, 1.54) is 0 Å². The molecule has 3 rings (SSSR count). The number of halogens is 1. The van der Waals surface area contributed by atoms with Gasteiger partial charge in [-0.2, -0.15) is 0 Å². The molecule has 1 fully saturated rings. The fraction of sp³-hybridized carbons (Fsp3) is 0.375. The van der Waals surface area contributed by atoms with Crippen molar-refractivity contribution in [3.8, 4) is 0 Å². The van der Waals surface area contributed by atoms with E-state index < -0.39 is 17.8 Å². The van der Waals surface area contributed by atoms with Crippen molar-refractivity contribution in [3.63, 3.8) is 0 Å². The number of nitrogens with one attached hydrogen (secondary N) is 1. The zero-order valence-electron chi connectivity index (χ0n) is 11.5. The third-order valence-corrected chi connectivity index (χ3v) is 4.83. The van der Waals surface area contributed by atoms with Crippen molar-refractivity contribution < 1.29 is 14.7 Å². The minimum Gasteiger partial charge on any atom is -0.481 e. The van der Waals surface area contributed by atoms with E-state index in [2.05, 4.69) is 5.32 Å². The molecule has 1 aromatic rings. The van der Waals surface area contributed by atoms with E-state index in [1.54, 1.807) is 6.07 Å². The number of fused-ring (bicyclic) bond motifs is 2. The molecule has 0 aliphatic heterocycles. The molecule has 0 saturated heterocycles. The maximum absolute atomic E-state index is 12.6. The van der Waals surface area contributed by atoms with Gasteiger partial charge in [0.1, 0.15) is 0 Å². The zero-order chi connectivity index (χ0) is 15.1. The number of allylic oxidation sites excluding steroid dienone is 2. The van der Waals surface area contributed by atoms with Crippen LogP contribution in [0.15, 0.2) is 30.4 Å². The van der Waals surface area contributed by atoms with Crippen molar-refractivity contribution in [2.24, 2.45) is 23.7 Å². The lowest BCUT2D eigenvalue weighted by atomic mass is 9.82. The molecule has 2 aliphatic rings. The first-order valence-corrected chi connectivity index (χ1v) is 7.34. The average molecular weight is 306 g/mol. The molecule has 5 heteroatoms. The molecule has 4 atom stereocenters. The van der Waals surface area contributed by atoms with Gasteiger partial charge in [-0.3, -0.25) is 9.59 Å². The van der Waals surface area contributed by atoms with E-state index in [-0.39, 0.29) is 17.7 Å². The van der Waals surface area contributed by atoms with E-state index in [0.29, 0.717) is 10.7 Å². The molecule has 4 nitrogen and oxygen atoms in total. The molecule has 2 aliphatic carbocycles. The Hall–Kier alpha value is -1.81. The molecule has 0 heterocycles. The second kappa shape index (κ2) is 5.19. The van der Waals surface area contributed by atoms with Crippen LogP contribution in [-0.2, 0) is 9.59 Å². The number of rotatable bonds is 3. The minimum atomic E-state index is -0.900. The van der Waals surface area contributed by atoms with Crippen LogP contribution in [0.1, 0.15) is 12.0 Å². The molecule has 2 N–H and O–H groups in total. The molecule has 2 bridgehead atoms. The number of benzene rings is 1. The summed E-state index contributed by atoms with van der Waals surface area (Å²) in [6, 6.07) is 5.38. The Kier molecular flexibility index (Phi) is 3.49. The van der Waals surface area contributed by atoms with Gasteiger partial charge in [0.15, 0.2) is 0 Å². The number of para-hydroxylation sites is 1. The topological polar surface area (TPSA) is 66.4 Å². The summed E-state index contributed by atoms with van der Waals surface area (Å²) in [5.74, 6) is -2.33. The van der Waals surface area contributed by atoms with Crippen molar-refractivity contribution in [2.45, 2.75) is 13.3 Å². The lowest BCUT2D eigenvalue weighted by Gasteiger charge is -2.24. The second-order valence-corrected chi connectivity index (χ2v) is 6.17.